The molecule has 2 amide bonds. The molecule has 0 aliphatic heterocycles. The highest BCUT2D eigenvalue weighted by molar-refractivity contribution is 5.90. The van der Waals surface area contributed by atoms with Gasteiger partial charge in [0, 0.05) is 0 Å². The minimum absolute atomic E-state index is 0.385. The third kappa shape index (κ3) is 6.01. The second-order valence-electron chi connectivity index (χ2n) is 4.06. The van der Waals surface area contributed by atoms with Crippen molar-refractivity contribution in [2.24, 2.45) is 5.73 Å². The van der Waals surface area contributed by atoms with Crippen LogP contribution in [0.25, 0.3) is 0 Å². The van der Waals surface area contributed by atoms with Crippen LogP contribution in [0.15, 0.2) is 0 Å². The van der Waals surface area contributed by atoms with Gasteiger partial charge in [0.05, 0.1) is 12.1 Å². The van der Waals surface area contributed by atoms with Crippen LogP contribution in [0.2, 0.25) is 0 Å². The standard InChI is InChI=1S/C11H21N3O3/c1-4-5-9(6-15)14-11(17)8(3)13-10(16)7(2)12/h6-9H,4-5,12H2,1-3H3,(H,13,16)(H,14,17). The molecule has 6 nitrogen and oxygen atoms in total. The molecule has 0 aromatic rings. The average Bonchev–Trinajstić information content (AvgIpc) is 2.27. The Morgan fingerprint density at radius 3 is 2.24 bits per heavy atom. The molecule has 17 heavy (non-hydrogen) atoms. The molecular formula is C11H21N3O3. The molecule has 0 aromatic carbocycles. The maximum Gasteiger partial charge on any atom is 0.242 e. The van der Waals surface area contributed by atoms with Gasteiger partial charge in [-0.3, -0.25) is 9.59 Å². The van der Waals surface area contributed by atoms with Gasteiger partial charge in [0.25, 0.3) is 0 Å². The summed E-state index contributed by atoms with van der Waals surface area (Å²) in [5.41, 5.74) is 5.36. The zero-order valence-corrected chi connectivity index (χ0v) is 10.5. The van der Waals surface area contributed by atoms with Crippen LogP contribution in [0.1, 0.15) is 33.6 Å². The van der Waals surface area contributed by atoms with Crippen LogP contribution < -0.4 is 16.4 Å². The fraction of sp³-hybridized carbons (Fsp3) is 0.727. The van der Waals surface area contributed by atoms with Crippen LogP contribution in [0.5, 0.6) is 0 Å². The molecule has 4 N–H and O–H groups in total. The molecule has 0 heterocycles. The third-order valence-electron chi connectivity index (χ3n) is 2.26. The molecule has 0 saturated heterocycles. The molecule has 3 unspecified atom stereocenters. The van der Waals surface area contributed by atoms with E-state index in [1.54, 1.807) is 6.92 Å². The lowest BCUT2D eigenvalue weighted by Gasteiger charge is -2.18. The van der Waals surface area contributed by atoms with Gasteiger partial charge in [-0.15, -0.1) is 0 Å². The van der Waals surface area contributed by atoms with Crippen LogP contribution >= 0.6 is 0 Å². The van der Waals surface area contributed by atoms with Crippen LogP contribution in [0.4, 0.5) is 0 Å². The maximum atomic E-state index is 11.6. The molecular weight excluding hydrogens is 222 g/mol. The molecule has 0 saturated carbocycles. The largest absolute Gasteiger partial charge is 0.345 e. The van der Waals surface area contributed by atoms with Crippen molar-refractivity contribution < 1.29 is 14.4 Å². The predicted molar refractivity (Wildman–Crippen MR) is 64.2 cm³/mol. The molecule has 98 valence electrons. The number of carbonyl (C=O) groups is 3. The van der Waals surface area contributed by atoms with Gasteiger partial charge in [-0.05, 0) is 20.3 Å². The second kappa shape index (κ2) is 7.78. The third-order valence-corrected chi connectivity index (χ3v) is 2.26. The smallest absolute Gasteiger partial charge is 0.242 e. The molecule has 6 heteroatoms. The van der Waals surface area contributed by atoms with Gasteiger partial charge in [0.1, 0.15) is 12.3 Å². The van der Waals surface area contributed by atoms with Gasteiger partial charge in [-0.2, -0.15) is 0 Å². The van der Waals surface area contributed by atoms with Gasteiger partial charge >= 0.3 is 0 Å². The molecule has 0 aliphatic rings. The molecule has 0 aromatic heterocycles. The summed E-state index contributed by atoms with van der Waals surface area (Å²) in [6, 6.07) is -1.86. The number of amides is 2. The highest BCUT2D eigenvalue weighted by atomic mass is 16.2. The van der Waals surface area contributed by atoms with Crippen LogP contribution in [0.3, 0.4) is 0 Å². The summed E-state index contributed by atoms with van der Waals surface area (Å²) in [6.45, 7) is 5.00. The average molecular weight is 243 g/mol. The normalized spacial score (nSPS) is 15.5. The van der Waals surface area contributed by atoms with E-state index in [4.69, 9.17) is 5.73 Å². The minimum atomic E-state index is -0.701. The fourth-order valence-electron chi connectivity index (χ4n) is 1.20. The van der Waals surface area contributed by atoms with Crippen molar-refractivity contribution in [2.75, 3.05) is 0 Å². The number of hydrogen-bond acceptors (Lipinski definition) is 4. The quantitative estimate of drug-likeness (QED) is 0.516. The molecule has 3 atom stereocenters. The lowest BCUT2D eigenvalue weighted by molar-refractivity contribution is -0.130. The number of hydrogen-bond donors (Lipinski definition) is 3. The summed E-state index contributed by atoms with van der Waals surface area (Å²) in [6.07, 6.45) is 2.08. The second-order valence-corrected chi connectivity index (χ2v) is 4.06. The first kappa shape index (κ1) is 15.6. The maximum absolute atomic E-state index is 11.6. The number of nitrogens with one attached hydrogen (secondary N) is 2. The van der Waals surface area contributed by atoms with Crippen LogP contribution in [-0.4, -0.2) is 36.2 Å². The monoisotopic (exact) mass is 243 g/mol. The molecule has 0 spiro atoms. The van der Waals surface area contributed by atoms with E-state index >= 15 is 0 Å². The molecule has 0 rings (SSSR count). The Balaban J connectivity index is 4.21. The van der Waals surface area contributed by atoms with Gasteiger partial charge < -0.3 is 21.2 Å². The zero-order valence-electron chi connectivity index (χ0n) is 10.5. The van der Waals surface area contributed by atoms with Crippen molar-refractivity contribution >= 4 is 18.1 Å². The summed E-state index contributed by atoms with van der Waals surface area (Å²) in [5.74, 6) is -0.782. The van der Waals surface area contributed by atoms with Crippen LogP contribution in [0, 0.1) is 0 Å². The number of carbonyl (C=O) groups excluding carboxylic acids is 3. The molecule has 0 aliphatic carbocycles. The minimum Gasteiger partial charge on any atom is -0.345 e. The Morgan fingerprint density at radius 2 is 1.82 bits per heavy atom. The first-order valence-corrected chi connectivity index (χ1v) is 5.74. The van der Waals surface area contributed by atoms with E-state index in [1.807, 2.05) is 6.92 Å². The van der Waals surface area contributed by atoms with Crippen molar-refractivity contribution in [2.45, 2.75) is 51.7 Å². The van der Waals surface area contributed by atoms with Gasteiger partial charge in [0.2, 0.25) is 11.8 Å². The number of rotatable bonds is 7. The summed E-state index contributed by atoms with van der Waals surface area (Å²) in [5, 5.41) is 5.01. The van der Waals surface area contributed by atoms with E-state index in [0.717, 1.165) is 6.42 Å². The first-order chi connectivity index (χ1) is 7.92. The number of aldehydes is 1. The van der Waals surface area contributed by atoms with Gasteiger partial charge in [-0.25, -0.2) is 0 Å². The van der Waals surface area contributed by atoms with Crippen molar-refractivity contribution in [1.29, 1.82) is 0 Å². The van der Waals surface area contributed by atoms with Crippen molar-refractivity contribution in [3.05, 3.63) is 0 Å². The highest BCUT2D eigenvalue weighted by Crippen LogP contribution is 1.94. The lowest BCUT2D eigenvalue weighted by atomic mass is 10.1. The van der Waals surface area contributed by atoms with Crippen molar-refractivity contribution in [3.63, 3.8) is 0 Å². The molecule has 0 radical (unpaired) electrons. The van der Waals surface area contributed by atoms with E-state index in [0.29, 0.717) is 12.7 Å². The Labute approximate surface area is 101 Å². The Morgan fingerprint density at radius 1 is 1.24 bits per heavy atom. The Hall–Kier alpha value is -1.43. The van der Waals surface area contributed by atoms with Crippen LogP contribution in [-0.2, 0) is 14.4 Å². The summed E-state index contributed by atoms with van der Waals surface area (Å²) >= 11 is 0. The van der Waals surface area contributed by atoms with Crippen molar-refractivity contribution in [3.8, 4) is 0 Å². The highest BCUT2D eigenvalue weighted by Gasteiger charge is 2.19. The Bertz CT molecular complexity index is 279. The predicted octanol–water partition coefficient (Wildman–Crippen LogP) is -0.678. The van der Waals surface area contributed by atoms with Gasteiger partial charge in [0.15, 0.2) is 0 Å². The first-order valence-electron chi connectivity index (χ1n) is 5.74. The van der Waals surface area contributed by atoms with Gasteiger partial charge in [-0.1, -0.05) is 13.3 Å². The SMILES string of the molecule is CCCC(C=O)NC(=O)C(C)NC(=O)C(C)N. The fourth-order valence-corrected chi connectivity index (χ4v) is 1.20. The van der Waals surface area contributed by atoms with E-state index in [9.17, 15) is 14.4 Å². The summed E-state index contributed by atoms with van der Waals surface area (Å²) in [7, 11) is 0. The molecule has 0 fully saturated rings. The number of nitrogens with two attached hydrogens (primary N) is 1. The van der Waals surface area contributed by atoms with E-state index in [-0.39, 0.29) is 5.91 Å². The van der Waals surface area contributed by atoms with Crippen molar-refractivity contribution in [1.82, 2.24) is 10.6 Å². The summed E-state index contributed by atoms with van der Waals surface area (Å²) in [4.78, 5) is 33.5. The topological polar surface area (TPSA) is 101 Å². The lowest BCUT2D eigenvalue weighted by Crippen LogP contribution is -2.51. The zero-order chi connectivity index (χ0) is 13.4. The summed E-state index contributed by atoms with van der Waals surface area (Å²) < 4.78 is 0. The Kier molecular flexibility index (Phi) is 7.13. The van der Waals surface area contributed by atoms with E-state index in [2.05, 4.69) is 10.6 Å². The van der Waals surface area contributed by atoms with E-state index in [1.165, 1.54) is 6.92 Å². The molecule has 0 bridgehead atoms. The van der Waals surface area contributed by atoms with E-state index < -0.39 is 24.0 Å².